The predicted octanol–water partition coefficient (Wildman–Crippen LogP) is -0.694. The van der Waals surface area contributed by atoms with E-state index in [2.05, 4.69) is 0 Å². The van der Waals surface area contributed by atoms with E-state index in [1.54, 1.807) is 0 Å². The quantitative estimate of drug-likeness (QED) is 0.203. The summed E-state index contributed by atoms with van der Waals surface area (Å²) in [5.74, 6) is -0.229. The van der Waals surface area contributed by atoms with Crippen LogP contribution in [-0.4, -0.2) is 117 Å². The molecule has 5 atom stereocenters. The van der Waals surface area contributed by atoms with Gasteiger partial charge in [0.1, 0.15) is 12.2 Å². The van der Waals surface area contributed by atoms with Crippen LogP contribution in [0.3, 0.4) is 0 Å². The van der Waals surface area contributed by atoms with Gasteiger partial charge in [-0.1, -0.05) is 0 Å². The molecule has 10 nitrogen and oxygen atoms in total. The third-order valence-corrected chi connectivity index (χ3v) is 4.62. The summed E-state index contributed by atoms with van der Waals surface area (Å²) in [5.41, 5.74) is 0. The minimum Gasteiger partial charge on any atom is -0.396 e. The van der Waals surface area contributed by atoms with Gasteiger partial charge in [-0.25, -0.2) is 0 Å². The van der Waals surface area contributed by atoms with Gasteiger partial charge in [-0.05, 0) is 26.7 Å². The maximum absolute atomic E-state index is 9.34. The minimum absolute atomic E-state index is 0.00662. The molecule has 0 saturated carbocycles. The Kier molecular flexibility index (Phi) is 15.8. The lowest BCUT2D eigenvalue weighted by atomic mass is 9.85. The smallest absolute Gasteiger partial charge is 0.184 e. The van der Waals surface area contributed by atoms with E-state index >= 15 is 0 Å². The molecule has 0 aromatic carbocycles. The third kappa shape index (κ3) is 10.3. The van der Waals surface area contributed by atoms with Gasteiger partial charge in [-0.3, -0.25) is 0 Å². The molecule has 0 aliphatic carbocycles. The van der Waals surface area contributed by atoms with E-state index in [9.17, 15) is 15.3 Å². The summed E-state index contributed by atoms with van der Waals surface area (Å²) in [6.07, 6.45) is -1.13. The van der Waals surface area contributed by atoms with Crippen molar-refractivity contribution in [2.24, 2.45) is 5.92 Å². The average molecular weight is 441 g/mol. The van der Waals surface area contributed by atoms with E-state index in [0.29, 0.717) is 26.1 Å². The molecule has 0 amide bonds. The Labute approximate surface area is 179 Å². The first kappa shape index (κ1) is 27.6. The molecule has 1 heterocycles. The SMILES string of the molecule is CC(C)OCCOCC1OC(OCCO)C(OCCO)C(CCCO)C1OCCO. The van der Waals surface area contributed by atoms with Crippen molar-refractivity contribution >= 4 is 0 Å². The van der Waals surface area contributed by atoms with Crippen LogP contribution in [0, 0.1) is 5.92 Å². The summed E-state index contributed by atoms with van der Waals surface area (Å²) < 4.78 is 34.7. The molecule has 0 bridgehead atoms. The van der Waals surface area contributed by atoms with Crippen molar-refractivity contribution in [3.63, 3.8) is 0 Å². The Bertz CT molecular complexity index is 398. The molecule has 1 aliphatic rings. The molecule has 1 rings (SSSR count). The number of hydrogen-bond donors (Lipinski definition) is 4. The molecule has 0 spiro atoms. The largest absolute Gasteiger partial charge is 0.396 e. The van der Waals surface area contributed by atoms with Gasteiger partial charge in [0.2, 0.25) is 0 Å². The Hall–Kier alpha value is -0.400. The highest BCUT2D eigenvalue weighted by atomic mass is 16.7. The first-order chi connectivity index (χ1) is 14.6. The summed E-state index contributed by atoms with van der Waals surface area (Å²) in [4.78, 5) is 0. The second kappa shape index (κ2) is 17.2. The van der Waals surface area contributed by atoms with Crippen molar-refractivity contribution in [3.8, 4) is 0 Å². The van der Waals surface area contributed by atoms with Crippen LogP contribution in [0.2, 0.25) is 0 Å². The van der Waals surface area contributed by atoms with Crippen molar-refractivity contribution in [2.75, 3.05) is 66.1 Å². The predicted molar refractivity (Wildman–Crippen MR) is 107 cm³/mol. The average Bonchev–Trinajstić information content (AvgIpc) is 2.73. The highest BCUT2D eigenvalue weighted by Crippen LogP contribution is 2.34. The Morgan fingerprint density at radius 2 is 1.40 bits per heavy atom. The second-order valence-electron chi connectivity index (χ2n) is 7.28. The van der Waals surface area contributed by atoms with Crippen LogP contribution >= 0.6 is 0 Å². The Morgan fingerprint density at radius 3 is 2.00 bits per heavy atom. The van der Waals surface area contributed by atoms with Crippen molar-refractivity contribution in [3.05, 3.63) is 0 Å². The zero-order chi connectivity index (χ0) is 22.2. The number of aliphatic hydroxyl groups is 4. The number of aliphatic hydroxyl groups excluding tert-OH is 4. The van der Waals surface area contributed by atoms with Crippen LogP contribution in [-0.2, 0) is 28.4 Å². The van der Waals surface area contributed by atoms with Crippen LogP contribution in [0.15, 0.2) is 0 Å². The van der Waals surface area contributed by atoms with Crippen LogP contribution in [0.4, 0.5) is 0 Å². The van der Waals surface area contributed by atoms with Crippen molar-refractivity contribution in [2.45, 2.75) is 57.4 Å². The van der Waals surface area contributed by atoms with E-state index < -0.39 is 24.6 Å². The number of rotatable bonds is 18. The Morgan fingerprint density at radius 1 is 0.767 bits per heavy atom. The lowest BCUT2D eigenvalue weighted by Crippen LogP contribution is -2.58. The molecular weight excluding hydrogens is 400 g/mol. The summed E-state index contributed by atoms with van der Waals surface area (Å²) >= 11 is 0. The van der Waals surface area contributed by atoms with Gasteiger partial charge in [0.15, 0.2) is 6.29 Å². The zero-order valence-corrected chi connectivity index (χ0v) is 18.2. The number of hydrogen-bond acceptors (Lipinski definition) is 10. The van der Waals surface area contributed by atoms with Crippen molar-refractivity contribution < 1.29 is 48.8 Å². The standard InChI is InChI=1S/C20H40O10/c1-15(2)26-13-12-25-14-17-18(27-9-6-22)16(4-3-5-21)19(28-10-7-23)20(30-17)29-11-8-24/h15-24H,3-14H2,1-2H3. The normalized spacial score (nSPS) is 27.1. The minimum atomic E-state index is -0.790. The first-order valence-corrected chi connectivity index (χ1v) is 10.7. The summed E-state index contributed by atoms with van der Waals surface area (Å²) in [5, 5.41) is 37.0. The molecule has 4 N–H and O–H groups in total. The second-order valence-corrected chi connectivity index (χ2v) is 7.28. The summed E-state index contributed by atoms with van der Waals surface area (Å²) in [6, 6.07) is 0. The molecule has 1 aliphatic heterocycles. The zero-order valence-electron chi connectivity index (χ0n) is 18.2. The fourth-order valence-corrected chi connectivity index (χ4v) is 3.44. The van der Waals surface area contributed by atoms with Gasteiger partial charge in [-0.2, -0.15) is 0 Å². The molecule has 1 saturated heterocycles. The fraction of sp³-hybridized carbons (Fsp3) is 1.00. The van der Waals surface area contributed by atoms with E-state index in [1.807, 2.05) is 13.8 Å². The molecule has 0 radical (unpaired) electrons. The maximum Gasteiger partial charge on any atom is 0.184 e. The van der Waals surface area contributed by atoms with E-state index in [4.69, 9.17) is 33.5 Å². The van der Waals surface area contributed by atoms with Gasteiger partial charge in [0, 0.05) is 12.5 Å². The Balaban J connectivity index is 2.91. The van der Waals surface area contributed by atoms with Gasteiger partial charge < -0.3 is 48.8 Å². The van der Waals surface area contributed by atoms with Crippen LogP contribution in [0.5, 0.6) is 0 Å². The fourth-order valence-electron chi connectivity index (χ4n) is 3.44. The van der Waals surface area contributed by atoms with E-state index in [-0.39, 0.29) is 64.9 Å². The van der Waals surface area contributed by atoms with Gasteiger partial charge >= 0.3 is 0 Å². The molecule has 180 valence electrons. The van der Waals surface area contributed by atoms with E-state index in [0.717, 1.165) is 0 Å². The van der Waals surface area contributed by atoms with Gasteiger partial charge in [-0.15, -0.1) is 0 Å². The molecule has 0 aromatic rings. The monoisotopic (exact) mass is 440 g/mol. The molecule has 5 unspecified atom stereocenters. The van der Waals surface area contributed by atoms with Crippen LogP contribution < -0.4 is 0 Å². The molecule has 10 heteroatoms. The maximum atomic E-state index is 9.34. The number of ether oxygens (including phenoxy) is 6. The highest BCUT2D eigenvalue weighted by Gasteiger charge is 2.47. The van der Waals surface area contributed by atoms with Crippen LogP contribution in [0.25, 0.3) is 0 Å². The molecule has 30 heavy (non-hydrogen) atoms. The topological polar surface area (TPSA) is 136 Å². The first-order valence-electron chi connectivity index (χ1n) is 10.7. The lowest BCUT2D eigenvalue weighted by Gasteiger charge is -2.46. The summed E-state index contributed by atoms with van der Waals surface area (Å²) in [7, 11) is 0. The lowest BCUT2D eigenvalue weighted by molar-refractivity contribution is -0.310. The van der Waals surface area contributed by atoms with Gasteiger partial charge in [0.25, 0.3) is 0 Å². The molecule has 1 fully saturated rings. The van der Waals surface area contributed by atoms with Crippen molar-refractivity contribution in [1.82, 2.24) is 0 Å². The van der Waals surface area contributed by atoms with Crippen molar-refractivity contribution in [1.29, 1.82) is 0 Å². The van der Waals surface area contributed by atoms with Gasteiger partial charge in [0.05, 0.1) is 71.7 Å². The van der Waals surface area contributed by atoms with E-state index in [1.165, 1.54) is 0 Å². The third-order valence-electron chi connectivity index (χ3n) is 4.62. The molecular formula is C20H40O10. The molecule has 0 aromatic heterocycles. The summed E-state index contributed by atoms with van der Waals surface area (Å²) in [6.45, 7) is 4.74. The van der Waals surface area contributed by atoms with Crippen LogP contribution in [0.1, 0.15) is 26.7 Å². The highest BCUT2D eigenvalue weighted by molar-refractivity contribution is 4.91.